The van der Waals surface area contributed by atoms with Crippen LogP contribution in [0.3, 0.4) is 0 Å². The second-order valence-electron chi connectivity index (χ2n) is 4.87. The number of rotatable bonds is 6. The SMILES string of the molecule is NS(=O)(=O)CCNc1cc(CN2CCOCC2)cc(Br)n1. The molecule has 0 aliphatic carbocycles. The molecule has 1 fully saturated rings. The number of pyridine rings is 1. The Balaban J connectivity index is 1.95. The molecule has 0 atom stereocenters. The van der Waals surface area contributed by atoms with Crippen molar-refractivity contribution in [2.75, 3.05) is 43.9 Å². The van der Waals surface area contributed by atoms with Crippen LogP contribution in [0.5, 0.6) is 0 Å². The van der Waals surface area contributed by atoms with Crippen molar-refractivity contribution in [2.24, 2.45) is 5.14 Å². The molecule has 118 valence electrons. The number of anilines is 1. The van der Waals surface area contributed by atoms with Crippen LogP contribution in [0.1, 0.15) is 5.56 Å². The summed E-state index contributed by atoms with van der Waals surface area (Å²) in [5.74, 6) is 0.510. The molecule has 1 aromatic heterocycles. The third-order valence-electron chi connectivity index (χ3n) is 3.06. The van der Waals surface area contributed by atoms with Gasteiger partial charge in [0.15, 0.2) is 0 Å². The van der Waals surface area contributed by atoms with Crippen molar-refractivity contribution in [3.05, 3.63) is 22.3 Å². The lowest BCUT2D eigenvalue weighted by atomic mass is 10.2. The molecule has 0 saturated carbocycles. The first-order valence-corrected chi connectivity index (χ1v) is 9.14. The average molecular weight is 379 g/mol. The zero-order chi connectivity index (χ0) is 15.3. The molecule has 1 saturated heterocycles. The minimum absolute atomic E-state index is 0.125. The van der Waals surface area contributed by atoms with E-state index in [0.29, 0.717) is 10.4 Å². The number of hydrogen-bond donors (Lipinski definition) is 2. The van der Waals surface area contributed by atoms with Crippen molar-refractivity contribution in [3.8, 4) is 0 Å². The van der Waals surface area contributed by atoms with Crippen LogP contribution in [0, 0.1) is 0 Å². The summed E-state index contributed by atoms with van der Waals surface area (Å²) in [4.78, 5) is 6.58. The molecule has 2 heterocycles. The molecule has 1 aliphatic rings. The number of primary sulfonamides is 1. The van der Waals surface area contributed by atoms with E-state index in [9.17, 15) is 8.42 Å². The summed E-state index contributed by atoms with van der Waals surface area (Å²) >= 11 is 3.37. The first kappa shape index (κ1) is 16.6. The Morgan fingerprint density at radius 2 is 2.10 bits per heavy atom. The standard InChI is InChI=1S/C12H19BrN4O3S/c13-11-7-10(9-17-2-4-20-5-3-17)8-12(16-11)15-1-6-21(14,18)19/h7-8H,1-6,9H2,(H,15,16)(H2,14,18,19). The molecule has 0 bridgehead atoms. The van der Waals surface area contributed by atoms with E-state index in [1.807, 2.05) is 12.1 Å². The smallest absolute Gasteiger partial charge is 0.210 e. The first-order chi connectivity index (χ1) is 9.92. The minimum atomic E-state index is -3.46. The molecule has 0 amide bonds. The van der Waals surface area contributed by atoms with Gasteiger partial charge in [-0.1, -0.05) is 0 Å². The van der Waals surface area contributed by atoms with Gasteiger partial charge < -0.3 is 10.1 Å². The maximum Gasteiger partial charge on any atom is 0.210 e. The summed E-state index contributed by atoms with van der Waals surface area (Å²) in [6, 6.07) is 3.88. The lowest BCUT2D eigenvalue weighted by Gasteiger charge is -2.26. The second kappa shape index (κ2) is 7.50. The van der Waals surface area contributed by atoms with Crippen LogP contribution in [-0.4, -0.2) is 56.9 Å². The van der Waals surface area contributed by atoms with Gasteiger partial charge in [0.2, 0.25) is 10.0 Å². The van der Waals surface area contributed by atoms with E-state index in [0.717, 1.165) is 38.4 Å². The third kappa shape index (κ3) is 6.27. The molecule has 2 rings (SSSR count). The fourth-order valence-corrected chi connectivity index (χ4v) is 2.94. The molecule has 0 spiro atoms. The summed E-state index contributed by atoms with van der Waals surface area (Å²) < 4.78 is 27.9. The molecule has 3 N–H and O–H groups in total. The topological polar surface area (TPSA) is 97.5 Å². The van der Waals surface area contributed by atoms with Gasteiger partial charge in [-0.15, -0.1) is 0 Å². The van der Waals surface area contributed by atoms with E-state index in [2.05, 4.69) is 31.1 Å². The Morgan fingerprint density at radius 3 is 2.76 bits per heavy atom. The zero-order valence-corrected chi connectivity index (χ0v) is 14.0. The number of nitrogens with one attached hydrogen (secondary N) is 1. The van der Waals surface area contributed by atoms with Crippen LogP contribution in [0.15, 0.2) is 16.7 Å². The Hall–Kier alpha value is -0.740. The fraction of sp³-hybridized carbons (Fsp3) is 0.583. The molecule has 1 aromatic rings. The number of morpholine rings is 1. The van der Waals surface area contributed by atoms with E-state index in [4.69, 9.17) is 9.88 Å². The van der Waals surface area contributed by atoms with Crippen LogP contribution in [-0.2, 0) is 21.3 Å². The molecule has 1 aliphatic heterocycles. The summed E-state index contributed by atoms with van der Waals surface area (Å²) in [7, 11) is -3.46. The maximum atomic E-state index is 10.9. The van der Waals surface area contributed by atoms with Crippen molar-refractivity contribution in [3.63, 3.8) is 0 Å². The Kier molecular flexibility index (Phi) is 5.94. The van der Waals surface area contributed by atoms with Gasteiger partial charge in [-0.25, -0.2) is 18.5 Å². The van der Waals surface area contributed by atoms with Gasteiger partial charge in [-0.3, -0.25) is 4.90 Å². The van der Waals surface area contributed by atoms with E-state index >= 15 is 0 Å². The Morgan fingerprint density at radius 1 is 1.38 bits per heavy atom. The predicted molar refractivity (Wildman–Crippen MR) is 84.5 cm³/mol. The Bertz CT molecular complexity index is 576. The van der Waals surface area contributed by atoms with Crippen molar-refractivity contribution >= 4 is 31.8 Å². The van der Waals surface area contributed by atoms with Crippen LogP contribution in [0.2, 0.25) is 0 Å². The number of halogens is 1. The summed E-state index contributed by atoms with van der Waals surface area (Å²) in [6.07, 6.45) is 0. The van der Waals surface area contributed by atoms with Crippen LogP contribution in [0.25, 0.3) is 0 Å². The number of nitrogens with zero attached hydrogens (tertiary/aromatic N) is 2. The zero-order valence-electron chi connectivity index (χ0n) is 11.6. The van der Waals surface area contributed by atoms with Crippen LogP contribution in [0.4, 0.5) is 5.82 Å². The van der Waals surface area contributed by atoms with Crippen molar-refractivity contribution in [1.29, 1.82) is 0 Å². The number of nitrogens with two attached hydrogens (primary N) is 1. The van der Waals surface area contributed by atoms with Gasteiger partial charge in [0.1, 0.15) is 10.4 Å². The maximum absolute atomic E-state index is 10.9. The molecular formula is C12H19BrN4O3S. The number of ether oxygens (including phenoxy) is 1. The van der Waals surface area contributed by atoms with Gasteiger partial charge in [0.05, 0.1) is 19.0 Å². The van der Waals surface area contributed by atoms with Crippen LogP contribution >= 0.6 is 15.9 Å². The Labute approximate surface area is 133 Å². The van der Waals surface area contributed by atoms with Crippen molar-refractivity contribution in [2.45, 2.75) is 6.54 Å². The van der Waals surface area contributed by atoms with Gasteiger partial charge in [-0.05, 0) is 33.6 Å². The highest BCUT2D eigenvalue weighted by Crippen LogP contribution is 2.17. The van der Waals surface area contributed by atoms with Gasteiger partial charge in [0, 0.05) is 26.2 Å². The quantitative estimate of drug-likeness (QED) is 0.694. The second-order valence-corrected chi connectivity index (χ2v) is 7.41. The molecule has 7 nitrogen and oxygen atoms in total. The summed E-state index contributed by atoms with van der Waals surface area (Å²) in [5.41, 5.74) is 1.11. The normalized spacial score (nSPS) is 16.9. The number of hydrogen-bond acceptors (Lipinski definition) is 6. The largest absolute Gasteiger partial charge is 0.379 e. The van der Waals surface area contributed by atoms with E-state index in [-0.39, 0.29) is 12.3 Å². The predicted octanol–water partition coefficient (Wildman–Crippen LogP) is 0.377. The highest BCUT2D eigenvalue weighted by molar-refractivity contribution is 9.10. The summed E-state index contributed by atoms with van der Waals surface area (Å²) in [5, 5.41) is 7.94. The third-order valence-corrected chi connectivity index (χ3v) is 4.24. The molecule has 0 radical (unpaired) electrons. The van der Waals surface area contributed by atoms with Gasteiger partial charge >= 0.3 is 0 Å². The van der Waals surface area contributed by atoms with Crippen molar-refractivity contribution in [1.82, 2.24) is 9.88 Å². The summed E-state index contributed by atoms with van der Waals surface area (Å²) in [6.45, 7) is 4.38. The van der Waals surface area contributed by atoms with Gasteiger partial charge in [0.25, 0.3) is 0 Å². The molecule has 9 heteroatoms. The number of aromatic nitrogens is 1. The lowest BCUT2D eigenvalue weighted by Crippen LogP contribution is -2.35. The highest BCUT2D eigenvalue weighted by atomic mass is 79.9. The van der Waals surface area contributed by atoms with E-state index in [1.54, 1.807) is 0 Å². The monoisotopic (exact) mass is 378 g/mol. The first-order valence-electron chi connectivity index (χ1n) is 6.63. The minimum Gasteiger partial charge on any atom is -0.379 e. The highest BCUT2D eigenvalue weighted by Gasteiger charge is 2.12. The molecular weight excluding hydrogens is 360 g/mol. The average Bonchev–Trinajstić information content (AvgIpc) is 2.37. The number of sulfonamides is 1. The van der Waals surface area contributed by atoms with Gasteiger partial charge in [-0.2, -0.15) is 0 Å². The molecule has 0 aromatic carbocycles. The van der Waals surface area contributed by atoms with E-state index < -0.39 is 10.0 Å². The fourth-order valence-electron chi connectivity index (χ4n) is 2.07. The van der Waals surface area contributed by atoms with Crippen molar-refractivity contribution < 1.29 is 13.2 Å². The van der Waals surface area contributed by atoms with Crippen LogP contribution < -0.4 is 10.5 Å². The molecule has 0 unspecified atom stereocenters. The lowest BCUT2D eigenvalue weighted by molar-refractivity contribution is 0.0342. The van der Waals surface area contributed by atoms with E-state index in [1.165, 1.54) is 0 Å². The molecule has 21 heavy (non-hydrogen) atoms.